The molecule has 3 rings (SSSR count). The van der Waals surface area contributed by atoms with Gasteiger partial charge in [0.1, 0.15) is 11.9 Å². The molecule has 134 valence electrons. The molecule has 2 heterocycles. The number of nitrogens with zero attached hydrogens (tertiary/aromatic N) is 4. The Morgan fingerprint density at radius 2 is 2.00 bits per heavy atom. The van der Waals surface area contributed by atoms with Crippen LogP contribution in [0.25, 0.3) is 0 Å². The van der Waals surface area contributed by atoms with Gasteiger partial charge in [0.25, 0.3) is 5.69 Å². The van der Waals surface area contributed by atoms with Gasteiger partial charge in [0.05, 0.1) is 4.92 Å². The predicted molar refractivity (Wildman–Crippen MR) is 94.1 cm³/mol. The number of piperidine rings is 1. The molecule has 25 heavy (non-hydrogen) atoms. The third-order valence-electron chi connectivity index (χ3n) is 5.07. The largest absolute Gasteiger partial charge is 0.385 e. The fourth-order valence-electron chi connectivity index (χ4n) is 3.44. The highest BCUT2D eigenvalue weighted by atomic mass is 16.6. The number of likely N-dealkylation sites (tertiary alicyclic amines) is 1. The van der Waals surface area contributed by atoms with Gasteiger partial charge in [-0.15, -0.1) is 0 Å². The summed E-state index contributed by atoms with van der Waals surface area (Å²) < 4.78 is 1.88. The van der Waals surface area contributed by atoms with Gasteiger partial charge in [0.2, 0.25) is 0 Å². The molecule has 0 bridgehead atoms. The molecule has 1 N–H and O–H groups in total. The first-order chi connectivity index (χ1) is 12.0. The van der Waals surface area contributed by atoms with Crippen LogP contribution in [0.1, 0.15) is 30.3 Å². The van der Waals surface area contributed by atoms with Crippen molar-refractivity contribution in [2.75, 3.05) is 19.6 Å². The Bertz CT molecular complexity index is 705. The maximum absolute atomic E-state index is 10.7. The number of aliphatic hydroxyl groups excluding tert-OH is 1. The van der Waals surface area contributed by atoms with E-state index in [1.165, 1.54) is 0 Å². The molecule has 1 fully saturated rings. The van der Waals surface area contributed by atoms with Gasteiger partial charge in [0.15, 0.2) is 0 Å². The number of benzene rings is 1. The van der Waals surface area contributed by atoms with Crippen molar-refractivity contribution in [3.8, 4) is 0 Å². The molecule has 0 saturated carbocycles. The standard InChI is InChI=1S/C18H24N4O3/c1-20-13-9-19-18(20)17(23)15-7-11-21(12-8-15)10-6-14-2-4-16(5-3-14)22(24)25/h2-5,9,13,15,17,23H,6-8,10-12H2,1H3. The van der Waals surface area contributed by atoms with E-state index in [0.29, 0.717) is 0 Å². The number of hydrogen-bond acceptors (Lipinski definition) is 5. The molecule has 1 atom stereocenters. The van der Waals surface area contributed by atoms with Gasteiger partial charge in [-0.1, -0.05) is 12.1 Å². The minimum atomic E-state index is -0.503. The SMILES string of the molecule is Cn1ccnc1C(O)C1CCN(CCc2ccc([N+](=O)[O-])cc2)CC1. The zero-order valence-electron chi connectivity index (χ0n) is 14.4. The molecule has 0 amide bonds. The fourth-order valence-corrected chi connectivity index (χ4v) is 3.44. The van der Waals surface area contributed by atoms with Crippen LogP contribution in [0.4, 0.5) is 5.69 Å². The number of rotatable bonds is 6. The molecule has 1 aliphatic heterocycles. The quantitative estimate of drug-likeness (QED) is 0.642. The fraction of sp³-hybridized carbons (Fsp3) is 0.500. The number of non-ortho nitro benzene ring substituents is 1. The number of nitro benzene ring substituents is 1. The lowest BCUT2D eigenvalue weighted by Crippen LogP contribution is -2.37. The summed E-state index contributed by atoms with van der Waals surface area (Å²) in [7, 11) is 1.91. The van der Waals surface area contributed by atoms with Crippen LogP contribution < -0.4 is 0 Å². The minimum absolute atomic E-state index is 0.132. The van der Waals surface area contributed by atoms with Gasteiger partial charge in [-0.2, -0.15) is 0 Å². The Labute approximate surface area is 147 Å². The topological polar surface area (TPSA) is 84.4 Å². The van der Waals surface area contributed by atoms with Crippen molar-refractivity contribution < 1.29 is 10.0 Å². The summed E-state index contributed by atoms with van der Waals surface area (Å²) in [6, 6.07) is 6.78. The second-order valence-electron chi connectivity index (χ2n) is 6.69. The lowest BCUT2D eigenvalue weighted by atomic mass is 9.90. The van der Waals surface area contributed by atoms with Gasteiger partial charge in [-0.05, 0) is 43.8 Å². The zero-order valence-corrected chi connectivity index (χ0v) is 14.4. The van der Waals surface area contributed by atoms with Crippen LogP contribution in [0.15, 0.2) is 36.7 Å². The first-order valence-corrected chi connectivity index (χ1v) is 8.65. The summed E-state index contributed by atoms with van der Waals surface area (Å²) in [5, 5.41) is 21.2. The van der Waals surface area contributed by atoms with Crippen molar-refractivity contribution in [2.45, 2.75) is 25.4 Å². The van der Waals surface area contributed by atoms with E-state index in [4.69, 9.17) is 0 Å². The van der Waals surface area contributed by atoms with Gasteiger partial charge >= 0.3 is 0 Å². The van der Waals surface area contributed by atoms with E-state index in [9.17, 15) is 15.2 Å². The van der Waals surface area contributed by atoms with Crippen molar-refractivity contribution in [2.24, 2.45) is 13.0 Å². The molecule has 1 saturated heterocycles. The molecule has 1 unspecified atom stereocenters. The van der Waals surface area contributed by atoms with Crippen molar-refractivity contribution >= 4 is 5.69 Å². The lowest BCUT2D eigenvalue weighted by molar-refractivity contribution is -0.384. The molecule has 1 aromatic heterocycles. The van der Waals surface area contributed by atoms with Crippen LogP contribution >= 0.6 is 0 Å². The monoisotopic (exact) mass is 344 g/mol. The van der Waals surface area contributed by atoms with Gasteiger partial charge in [0, 0.05) is 38.1 Å². The molecule has 7 nitrogen and oxygen atoms in total. The highest BCUT2D eigenvalue weighted by molar-refractivity contribution is 5.32. The summed E-state index contributed by atoms with van der Waals surface area (Å²) in [6.45, 7) is 2.85. The Balaban J connectivity index is 1.46. The van der Waals surface area contributed by atoms with Crippen molar-refractivity contribution in [1.29, 1.82) is 0 Å². The predicted octanol–water partition coefficient (Wildman–Crippen LogP) is 2.32. The van der Waals surface area contributed by atoms with E-state index in [2.05, 4.69) is 9.88 Å². The lowest BCUT2D eigenvalue weighted by Gasteiger charge is -2.34. The highest BCUT2D eigenvalue weighted by Crippen LogP contribution is 2.29. The Morgan fingerprint density at radius 1 is 1.32 bits per heavy atom. The molecular weight excluding hydrogens is 320 g/mol. The van der Waals surface area contributed by atoms with E-state index in [-0.39, 0.29) is 16.5 Å². The number of nitro groups is 1. The van der Waals surface area contributed by atoms with Crippen LogP contribution in [-0.4, -0.2) is 44.1 Å². The molecule has 0 radical (unpaired) electrons. The average molecular weight is 344 g/mol. The van der Waals surface area contributed by atoms with Crippen molar-refractivity contribution in [3.63, 3.8) is 0 Å². The number of aryl methyl sites for hydroxylation is 1. The normalized spacial score (nSPS) is 17.5. The zero-order chi connectivity index (χ0) is 17.8. The maximum atomic E-state index is 10.7. The average Bonchev–Trinajstić information content (AvgIpc) is 3.06. The molecule has 7 heteroatoms. The smallest absolute Gasteiger partial charge is 0.269 e. The van der Waals surface area contributed by atoms with Gasteiger partial charge < -0.3 is 14.6 Å². The maximum Gasteiger partial charge on any atom is 0.269 e. The van der Waals surface area contributed by atoms with E-state index >= 15 is 0 Å². The first-order valence-electron chi connectivity index (χ1n) is 8.65. The number of imidazole rings is 1. The van der Waals surface area contributed by atoms with Crippen LogP contribution in [-0.2, 0) is 13.5 Å². The summed E-state index contributed by atoms with van der Waals surface area (Å²) in [5.74, 6) is 0.987. The molecule has 0 aliphatic carbocycles. The summed E-state index contributed by atoms with van der Waals surface area (Å²) >= 11 is 0. The summed E-state index contributed by atoms with van der Waals surface area (Å²) in [5.41, 5.74) is 1.24. The summed E-state index contributed by atoms with van der Waals surface area (Å²) in [6.07, 6.45) is 5.86. The molecule has 2 aromatic rings. The van der Waals surface area contributed by atoms with Crippen LogP contribution in [0.2, 0.25) is 0 Å². The van der Waals surface area contributed by atoms with Crippen LogP contribution in [0.5, 0.6) is 0 Å². The Kier molecular flexibility index (Phi) is 5.45. The Hall–Kier alpha value is -2.25. The molecular formula is C18H24N4O3. The second-order valence-corrected chi connectivity index (χ2v) is 6.69. The molecule has 1 aromatic carbocycles. The van der Waals surface area contributed by atoms with E-state index in [1.54, 1.807) is 18.3 Å². The van der Waals surface area contributed by atoms with Crippen molar-refractivity contribution in [3.05, 3.63) is 58.2 Å². The minimum Gasteiger partial charge on any atom is -0.385 e. The third-order valence-corrected chi connectivity index (χ3v) is 5.07. The van der Waals surface area contributed by atoms with E-state index in [0.717, 1.165) is 50.3 Å². The van der Waals surface area contributed by atoms with Crippen LogP contribution in [0, 0.1) is 16.0 Å². The summed E-state index contributed by atoms with van der Waals surface area (Å²) in [4.78, 5) is 17.0. The number of hydrogen-bond donors (Lipinski definition) is 1. The first kappa shape index (κ1) is 17.6. The van der Waals surface area contributed by atoms with E-state index < -0.39 is 6.10 Å². The van der Waals surface area contributed by atoms with Crippen molar-refractivity contribution in [1.82, 2.24) is 14.5 Å². The van der Waals surface area contributed by atoms with Crippen LogP contribution in [0.3, 0.4) is 0 Å². The number of aromatic nitrogens is 2. The third kappa shape index (κ3) is 4.24. The molecule has 0 spiro atoms. The Morgan fingerprint density at radius 3 is 2.56 bits per heavy atom. The van der Waals surface area contributed by atoms with E-state index in [1.807, 2.05) is 29.9 Å². The van der Waals surface area contributed by atoms with Gasteiger partial charge in [-0.25, -0.2) is 4.98 Å². The number of aliphatic hydroxyl groups is 1. The highest BCUT2D eigenvalue weighted by Gasteiger charge is 2.28. The molecule has 1 aliphatic rings. The van der Waals surface area contributed by atoms with Gasteiger partial charge in [-0.3, -0.25) is 10.1 Å². The second kappa shape index (κ2) is 7.76.